The zero-order chi connectivity index (χ0) is 44.1. The van der Waals surface area contributed by atoms with Crippen LogP contribution in [0.15, 0.2) is 42.5 Å². The SMILES string of the molecule is CC(C)(C#Cc1ccc(-c2ccc(Cl)c3c(N)nn(CC(F)(F)F)c23)c([C@H](Cc2cc(F)cc(F)c2)NC(=O)Cn2nc(C(F)(F)F)c3c2C(F)(F)C2C[C@H]32)n1)S(C)(=O)=O. The maximum Gasteiger partial charge on any atom is 0.435 e. The summed E-state index contributed by atoms with van der Waals surface area (Å²) >= 11 is 6.38. The van der Waals surface area contributed by atoms with Gasteiger partial charge in [-0.3, -0.25) is 14.2 Å². The molecule has 1 saturated carbocycles. The molecule has 0 saturated heterocycles. The molecule has 60 heavy (non-hydrogen) atoms. The van der Waals surface area contributed by atoms with Gasteiger partial charge in [0.15, 0.2) is 21.3 Å². The topological polar surface area (TPSA) is 138 Å². The fourth-order valence-corrected chi connectivity index (χ4v) is 7.79. The lowest BCUT2D eigenvalue weighted by atomic mass is 9.93. The monoisotopic (exact) mass is 889 g/mol. The highest BCUT2D eigenvalue weighted by molar-refractivity contribution is 7.92. The third-order valence-electron chi connectivity index (χ3n) is 10.4. The molecule has 318 valence electrons. The molecule has 10 nitrogen and oxygen atoms in total. The molecule has 22 heteroatoms. The number of alkyl halides is 8. The number of nitrogens with zero attached hydrogens (tertiary/aromatic N) is 5. The number of carbonyl (C=O) groups is 1. The minimum absolute atomic E-state index is 0.0791. The number of nitrogens with two attached hydrogens (primary N) is 1. The number of rotatable bonds is 9. The molecule has 0 spiro atoms. The van der Waals surface area contributed by atoms with E-state index in [4.69, 9.17) is 17.3 Å². The van der Waals surface area contributed by atoms with Crippen molar-refractivity contribution in [3.63, 3.8) is 0 Å². The van der Waals surface area contributed by atoms with Gasteiger partial charge in [-0.15, -0.1) is 0 Å². The predicted octanol–water partition coefficient (Wildman–Crippen LogP) is 7.87. The highest BCUT2D eigenvalue weighted by Gasteiger charge is 2.68. The molecule has 2 aliphatic carbocycles. The van der Waals surface area contributed by atoms with Gasteiger partial charge in [0.1, 0.15) is 40.9 Å². The first-order chi connectivity index (χ1) is 27.7. The van der Waals surface area contributed by atoms with Crippen molar-refractivity contribution in [1.29, 1.82) is 0 Å². The van der Waals surface area contributed by atoms with Crippen LogP contribution in [0, 0.1) is 29.4 Å². The van der Waals surface area contributed by atoms with Crippen molar-refractivity contribution >= 4 is 44.1 Å². The van der Waals surface area contributed by atoms with Crippen LogP contribution in [-0.4, -0.2) is 56.0 Å². The van der Waals surface area contributed by atoms with Crippen LogP contribution >= 0.6 is 11.6 Å². The van der Waals surface area contributed by atoms with Gasteiger partial charge < -0.3 is 11.1 Å². The van der Waals surface area contributed by atoms with Gasteiger partial charge >= 0.3 is 12.4 Å². The quantitative estimate of drug-likeness (QED) is 0.114. The minimum atomic E-state index is -5.15. The molecule has 5 aromatic rings. The Kier molecular flexibility index (Phi) is 10.3. The lowest BCUT2D eigenvalue weighted by molar-refractivity contribution is -0.142. The Morgan fingerprint density at radius 3 is 2.28 bits per heavy atom. The van der Waals surface area contributed by atoms with E-state index in [1.165, 1.54) is 38.1 Å². The molecule has 0 radical (unpaired) electrons. The number of halogens is 11. The second-order valence-electron chi connectivity index (χ2n) is 15.1. The largest absolute Gasteiger partial charge is 0.435 e. The number of hydrogen-bond acceptors (Lipinski definition) is 7. The van der Waals surface area contributed by atoms with Gasteiger partial charge in [0.05, 0.1) is 27.7 Å². The molecule has 3 heterocycles. The number of carbonyl (C=O) groups excluding carboxylic acids is 1. The van der Waals surface area contributed by atoms with Gasteiger partial charge in [-0.1, -0.05) is 23.6 Å². The molecular weight excluding hydrogens is 860 g/mol. The lowest BCUT2D eigenvalue weighted by Gasteiger charge is -2.23. The van der Waals surface area contributed by atoms with E-state index < -0.39 is 111 Å². The fraction of sp³-hybridized carbons (Fsp3) is 0.368. The van der Waals surface area contributed by atoms with Gasteiger partial charge in [-0.25, -0.2) is 22.2 Å². The van der Waals surface area contributed by atoms with Crippen molar-refractivity contribution in [3.8, 4) is 23.0 Å². The minimum Gasteiger partial charge on any atom is -0.382 e. The Labute approximate surface area is 339 Å². The smallest absolute Gasteiger partial charge is 0.382 e. The van der Waals surface area contributed by atoms with Crippen molar-refractivity contribution in [1.82, 2.24) is 29.9 Å². The van der Waals surface area contributed by atoms with Gasteiger partial charge in [0, 0.05) is 34.9 Å². The standard InChI is InChI=1S/C38H30ClF10N7O3S/c1-35(2,60(3,58)59)9-8-20-4-5-21(22-6-7-25(39)29-31(22)56(54-34(29)50)16-36(42,43)44)30(51-20)26(12-17-10-18(40)13-19(41)11-17)52-27(57)15-55-33-28(32(53-55)38(47,48)49)23-14-24(23)37(33,45)46/h4-7,10-11,13,23-24,26H,12,14-16H2,1-3H3,(H2,50,54)(H,52,57)/t23-,24?,26-/m0/s1. The van der Waals surface area contributed by atoms with Gasteiger partial charge in [0.25, 0.3) is 5.92 Å². The Hall–Kier alpha value is -5.36. The van der Waals surface area contributed by atoms with Crippen LogP contribution in [0.25, 0.3) is 22.0 Å². The average Bonchev–Trinajstić information content (AvgIpc) is 3.64. The van der Waals surface area contributed by atoms with E-state index in [1.54, 1.807) is 0 Å². The van der Waals surface area contributed by atoms with E-state index in [0.29, 0.717) is 10.7 Å². The maximum absolute atomic E-state index is 15.4. The number of sulfone groups is 1. The number of amides is 1. The third-order valence-corrected chi connectivity index (χ3v) is 12.6. The zero-order valence-electron chi connectivity index (χ0n) is 31.2. The normalized spacial score (nSPS) is 17.8. The molecule has 0 aliphatic heterocycles. The van der Waals surface area contributed by atoms with Crippen molar-refractivity contribution in [2.45, 2.75) is 74.8 Å². The molecule has 0 bridgehead atoms. The van der Waals surface area contributed by atoms with Crippen molar-refractivity contribution in [2.75, 3.05) is 12.0 Å². The van der Waals surface area contributed by atoms with Crippen molar-refractivity contribution < 1.29 is 57.1 Å². The van der Waals surface area contributed by atoms with Crippen LogP contribution in [0.5, 0.6) is 0 Å². The number of anilines is 1. The summed E-state index contributed by atoms with van der Waals surface area (Å²) in [6, 6.07) is 5.79. The number of fused-ring (bicyclic) bond motifs is 4. The van der Waals surface area contributed by atoms with Crippen LogP contribution in [0.1, 0.15) is 66.1 Å². The van der Waals surface area contributed by atoms with E-state index >= 15 is 8.78 Å². The summed E-state index contributed by atoms with van der Waals surface area (Å²) in [5.41, 5.74) is 1.61. The van der Waals surface area contributed by atoms with E-state index in [0.717, 1.165) is 18.4 Å². The number of aromatic nitrogens is 5. The molecular formula is C38H30ClF10N7O3S. The molecule has 3 atom stereocenters. The number of nitrogens with one attached hydrogen (secondary N) is 1. The summed E-state index contributed by atoms with van der Waals surface area (Å²) in [6.45, 7) is -0.277. The van der Waals surface area contributed by atoms with Crippen molar-refractivity contribution in [2.24, 2.45) is 5.92 Å². The van der Waals surface area contributed by atoms with Crippen LogP contribution < -0.4 is 11.1 Å². The first-order valence-electron chi connectivity index (χ1n) is 17.7. The summed E-state index contributed by atoms with van der Waals surface area (Å²) in [5, 5.41) is 9.45. The van der Waals surface area contributed by atoms with Gasteiger partial charge in [-0.2, -0.15) is 45.3 Å². The first kappa shape index (κ1) is 42.8. The average molecular weight is 890 g/mol. The summed E-state index contributed by atoms with van der Waals surface area (Å²) < 4.78 is 168. The molecule has 3 aromatic heterocycles. The zero-order valence-corrected chi connectivity index (χ0v) is 32.8. The highest BCUT2D eigenvalue weighted by Crippen LogP contribution is 2.68. The molecule has 2 aliphatic rings. The Morgan fingerprint density at radius 1 is 1.02 bits per heavy atom. The van der Waals surface area contributed by atoms with Crippen molar-refractivity contribution in [3.05, 3.63) is 93.0 Å². The van der Waals surface area contributed by atoms with E-state index in [2.05, 4.69) is 32.3 Å². The van der Waals surface area contributed by atoms with Crippen LogP contribution in [0.4, 0.5) is 49.7 Å². The highest BCUT2D eigenvalue weighted by atomic mass is 35.5. The predicted molar refractivity (Wildman–Crippen MR) is 197 cm³/mol. The molecule has 7 rings (SSSR count). The van der Waals surface area contributed by atoms with E-state index in [1.807, 2.05) is 0 Å². The summed E-state index contributed by atoms with van der Waals surface area (Å²) in [6.07, 6.45) is -9.85. The van der Waals surface area contributed by atoms with Crippen LogP contribution in [0.3, 0.4) is 0 Å². The molecule has 2 aromatic carbocycles. The molecule has 3 N–H and O–H groups in total. The van der Waals surface area contributed by atoms with Gasteiger partial charge in [0.2, 0.25) is 5.91 Å². The maximum atomic E-state index is 15.4. The molecule has 1 fully saturated rings. The van der Waals surface area contributed by atoms with Crippen LogP contribution in [0.2, 0.25) is 5.02 Å². The Bertz CT molecular complexity index is 2750. The molecule has 1 amide bonds. The number of nitrogen functional groups attached to an aromatic ring is 1. The van der Waals surface area contributed by atoms with Gasteiger partial charge in [-0.05, 0) is 74.4 Å². The van der Waals surface area contributed by atoms with E-state index in [9.17, 15) is 48.3 Å². The lowest BCUT2D eigenvalue weighted by Crippen LogP contribution is -2.35. The number of hydrogen-bond donors (Lipinski definition) is 2. The summed E-state index contributed by atoms with van der Waals surface area (Å²) in [7, 11) is -3.80. The van der Waals surface area contributed by atoms with Crippen LogP contribution in [-0.2, 0) is 46.2 Å². The number of pyridine rings is 1. The first-order valence-corrected chi connectivity index (χ1v) is 20.0. The summed E-state index contributed by atoms with van der Waals surface area (Å²) in [5.74, 6) is -4.90. The summed E-state index contributed by atoms with van der Waals surface area (Å²) in [4.78, 5) is 18.4. The van der Waals surface area contributed by atoms with E-state index in [-0.39, 0.29) is 55.1 Å². The molecule has 1 unspecified atom stereocenters. The third kappa shape index (κ3) is 7.98. The number of benzene rings is 2. The Morgan fingerprint density at radius 2 is 1.67 bits per heavy atom. The Balaban J connectivity index is 1.42. The second-order valence-corrected chi connectivity index (χ2v) is 18.1. The second kappa shape index (κ2) is 14.4. The fourth-order valence-electron chi connectivity index (χ4n) is 7.30.